The van der Waals surface area contributed by atoms with Gasteiger partial charge >= 0.3 is 0 Å². The number of hydrogen-bond donors (Lipinski definition) is 1. The molecule has 0 aliphatic heterocycles. The summed E-state index contributed by atoms with van der Waals surface area (Å²) in [6.07, 6.45) is 3.29. The molecule has 9 nitrogen and oxygen atoms in total. The number of nitrogens with zero attached hydrogens (tertiary/aromatic N) is 5. The minimum absolute atomic E-state index is 0.108. The topological polar surface area (TPSA) is 106 Å². The second kappa shape index (κ2) is 9.71. The van der Waals surface area contributed by atoms with Crippen molar-refractivity contribution < 1.29 is 8.83 Å². The maximum absolute atomic E-state index is 13.0. The van der Waals surface area contributed by atoms with E-state index in [1.54, 1.807) is 17.2 Å². The number of H-pyrrole nitrogens is 1. The Kier molecular flexibility index (Phi) is 6.33. The second-order valence-electron chi connectivity index (χ2n) is 9.16. The van der Waals surface area contributed by atoms with Gasteiger partial charge in [0.25, 0.3) is 5.56 Å². The van der Waals surface area contributed by atoms with Crippen LogP contribution in [-0.2, 0) is 19.6 Å². The van der Waals surface area contributed by atoms with Crippen molar-refractivity contribution in [3.63, 3.8) is 0 Å². The molecule has 0 amide bonds. The van der Waals surface area contributed by atoms with Crippen molar-refractivity contribution in [1.29, 1.82) is 0 Å². The Bertz CT molecular complexity index is 1450. The summed E-state index contributed by atoms with van der Waals surface area (Å²) in [4.78, 5) is 18.3. The van der Waals surface area contributed by atoms with Gasteiger partial charge in [-0.15, -0.1) is 5.10 Å². The van der Waals surface area contributed by atoms with Crippen LogP contribution in [-0.4, -0.2) is 30.1 Å². The highest BCUT2D eigenvalue weighted by Crippen LogP contribution is 2.30. The fourth-order valence-corrected chi connectivity index (χ4v) is 4.53. The lowest BCUT2D eigenvalue weighted by Crippen LogP contribution is -2.35. The predicted octanol–water partition coefficient (Wildman–Crippen LogP) is 4.46. The van der Waals surface area contributed by atoms with Gasteiger partial charge < -0.3 is 13.8 Å². The molecule has 0 aliphatic carbocycles. The van der Waals surface area contributed by atoms with Crippen LogP contribution in [0.25, 0.3) is 10.9 Å². The van der Waals surface area contributed by atoms with Crippen molar-refractivity contribution in [2.24, 2.45) is 5.92 Å². The Morgan fingerprint density at radius 2 is 1.80 bits per heavy atom. The highest BCUT2D eigenvalue weighted by atomic mass is 16.3. The van der Waals surface area contributed by atoms with E-state index >= 15 is 0 Å². The summed E-state index contributed by atoms with van der Waals surface area (Å²) < 4.78 is 13.0. The van der Waals surface area contributed by atoms with Crippen LogP contribution in [0.2, 0.25) is 0 Å². The zero-order valence-corrected chi connectivity index (χ0v) is 20.0. The minimum Gasteiger partial charge on any atom is -0.468 e. The van der Waals surface area contributed by atoms with E-state index in [1.165, 1.54) is 0 Å². The first-order valence-electron chi connectivity index (χ1n) is 11.7. The first kappa shape index (κ1) is 22.8. The standard InChI is InChI=1S/C26H28N6O3/c1-17(2)24(25-28-29-30-32(25)16-22-7-5-11-35-22)31(15-21-6-4-10-34-21)14-20-13-19-12-18(3)8-9-23(19)27-26(20)33/h4-13,17,24H,14-16H2,1-3H3,(H,27,33)/t24-/m1/s1. The minimum atomic E-state index is -0.183. The van der Waals surface area contributed by atoms with Gasteiger partial charge in [-0.3, -0.25) is 9.69 Å². The molecule has 1 N–H and O–H groups in total. The van der Waals surface area contributed by atoms with Crippen molar-refractivity contribution >= 4 is 10.9 Å². The van der Waals surface area contributed by atoms with Crippen LogP contribution in [0.5, 0.6) is 0 Å². The summed E-state index contributed by atoms with van der Waals surface area (Å²) >= 11 is 0. The molecule has 1 aromatic carbocycles. The lowest BCUT2D eigenvalue weighted by molar-refractivity contribution is 0.116. The lowest BCUT2D eigenvalue weighted by Gasteiger charge is -2.32. The SMILES string of the molecule is Cc1ccc2[nH]c(=O)c(CN(Cc3ccco3)[C@@H](c3nnnn3Cc3ccco3)C(C)C)cc2c1. The molecule has 0 fully saturated rings. The zero-order valence-electron chi connectivity index (χ0n) is 20.0. The van der Waals surface area contributed by atoms with Gasteiger partial charge in [-0.1, -0.05) is 25.5 Å². The number of aromatic nitrogens is 5. The molecule has 5 rings (SSSR count). The maximum atomic E-state index is 13.0. The monoisotopic (exact) mass is 472 g/mol. The second-order valence-corrected chi connectivity index (χ2v) is 9.16. The molecular weight excluding hydrogens is 444 g/mol. The van der Waals surface area contributed by atoms with Crippen LogP contribution in [0.1, 0.15) is 48.4 Å². The number of tetrazole rings is 1. The number of benzene rings is 1. The summed E-state index contributed by atoms with van der Waals surface area (Å²) in [6, 6.07) is 15.3. The van der Waals surface area contributed by atoms with E-state index < -0.39 is 0 Å². The third kappa shape index (κ3) is 4.95. The molecule has 9 heteroatoms. The molecule has 4 heterocycles. The number of rotatable bonds is 9. The van der Waals surface area contributed by atoms with Gasteiger partial charge in [-0.2, -0.15) is 0 Å². The number of furan rings is 2. The number of aryl methyl sites for hydroxylation is 1. The molecule has 180 valence electrons. The van der Waals surface area contributed by atoms with Gasteiger partial charge in [-0.05, 0) is 71.1 Å². The van der Waals surface area contributed by atoms with E-state index in [1.807, 2.05) is 49.4 Å². The molecule has 0 saturated heterocycles. The summed E-state index contributed by atoms with van der Waals surface area (Å²) in [7, 11) is 0. The van der Waals surface area contributed by atoms with Gasteiger partial charge in [-0.25, -0.2) is 4.68 Å². The van der Waals surface area contributed by atoms with E-state index in [0.29, 0.717) is 31.0 Å². The van der Waals surface area contributed by atoms with E-state index in [4.69, 9.17) is 8.83 Å². The first-order chi connectivity index (χ1) is 17.0. The van der Waals surface area contributed by atoms with E-state index in [2.05, 4.69) is 45.3 Å². The van der Waals surface area contributed by atoms with Crippen molar-refractivity contribution in [3.05, 3.63) is 99.9 Å². The van der Waals surface area contributed by atoms with Gasteiger partial charge in [0.1, 0.15) is 18.1 Å². The highest BCUT2D eigenvalue weighted by molar-refractivity contribution is 5.79. The van der Waals surface area contributed by atoms with Crippen LogP contribution in [0, 0.1) is 12.8 Å². The highest BCUT2D eigenvalue weighted by Gasteiger charge is 2.30. The average Bonchev–Trinajstić information content (AvgIpc) is 3.59. The summed E-state index contributed by atoms with van der Waals surface area (Å²) in [5.74, 6) is 2.41. The molecule has 0 aliphatic rings. The molecule has 0 saturated carbocycles. The smallest absolute Gasteiger partial charge is 0.252 e. The molecule has 35 heavy (non-hydrogen) atoms. The molecule has 0 bridgehead atoms. The van der Waals surface area contributed by atoms with Crippen LogP contribution in [0.15, 0.2) is 74.7 Å². The Labute approximate surface area is 202 Å². The van der Waals surface area contributed by atoms with Gasteiger partial charge in [0.15, 0.2) is 5.82 Å². The number of fused-ring (bicyclic) bond motifs is 1. The van der Waals surface area contributed by atoms with E-state index in [-0.39, 0.29) is 17.5 Å². The summed E-state index contributed by atoms with van der Waals surface area (Å²) in [6.45, 7) is 7.61. The normalized spacial score (nSPS) is 12.7. The molecular formula is C26H28N6O3. The fourth-order valence-electron chi connectivity index (χ4n) is 4.53. The van der Waals surface area contributed by atoms with E-state index in [9.17, 15) is 4.79 Å². The first-order valence-corrected chi connectivity index (χ1v) is 11.7. The lowest BCUT2D eigenvalue weighted by atomic mass is 10.00. The van der Waals surface area contributed by atoms with Gasteiger partial charge in [0.2, 0.25) is 0 Å². The largest absolute Gasteiger partial charge is 0.468 e. The Morgan fingerprint density at radius 1 is 1.03 bits per heavy atom. The van der Waals surface area contributed by atoms with Crippen molar-refractivity contribution in [2.75, 3.05) is 0 Å². The fraction of sp³-hybridized carbons (Fsp3) is 0.308. The molecule has 5 aromatic rings. The van der Waals surface area contributed by atoms with Gasteiger partial charge in [0.05, 0.1) is 25.1 Å². The number of nitrogens with one attached hydrogen (secondary N) is 1. The van der Waals surface area contributed by atoms with Crippen molar-refractivity contribution in [1.82, 2.24) is 30.1 Å². The van der Waals surface area contributed by atoms with Crippen LogP contribution in [0.4, 0.5) is 0 Å². The molecule has 1 atom stereocenters. The Hall–Kier alpha value is -3.98. The predicted molar refractivity (Wildman–Crippen MR) is 130 cm³/mol. The van der Waals surface area contributed by atoms with Crippen molar-refractivity contribution in [2.45, 2.75) is 46.4 Å². The number of pyridine rings is 1. The molecule has 0 spiro atoms. The van der Waals surface area contributed by atoms with Crippen LogP contribution in [0.3, 0.4) is 0 Å². The maximum Gasteiger partial charge on any atom is 0.252 e. The van der Waals surface area contributed by atoms with Crippen LogP contribution < -0.4 is 5.56 Å². The Balaban J connectivity index is 1.54. The number of aromatic amines is 1. The van der Waals surface area contributed by atoms with Crippen molar-refractivity contribution in [3.8, 4) is 0 Å². The van der Waals surface area contributed by atoms with Gasteiger partial charge in [0, 0.05) is 17.6 Å². The third-order valence-corrected chi connectivity index (χ3v) is 6.12. The average molecular weight is 473 g/mol. The van der Waals surface area contributed by atoms with Crippen LogP contribution >= 0.6 is 0 Å². The quantitative estimate of drug-likeness (QED) is 0.338. The zero-order chi connectivity index (χ0) is 24.4. The van der Waals surface area contributed by atoms with E-state index in [0.717, 1.165) is 28.0 Å². The molecule has 0 unspecified atom stereocenters. The molecule has 0 radical (unpaired) electrons. The third-order valence-electron chi connectivity index (χ3n) is 6.12. The summed E-state index contributed by atoms with van der Waals surface area (Å²) in [5, 5.41) is 13.6. The Morgan fingerprint density at radius 3 is 2.51 bits per heavy atom. The summed E-state index contributed by atoms with van der Waals surface area (Å²) in [5.41, 5.74) is 2.53. The molecule has 4 aromatic heterocycles. The number of hydrogen-bond acceptors (Lipinski definition) is 7.